The minimum Gasteiger partial charge on any atom is -0.443 e. The van der Waals surface area contributed by atoms with Crippen LogP contribution in [0.15, 0.2) is 47.3 Å². The van der Waals surface area contributed by atoms with Gasteiger partial charge in [-0.1, -0.05) is 25.5 Å². The van der Waals surface area contributed by atoms with Gasteiger partial charge in [0.15, 0.2) is 12.0 Å². The highest BCUT2D eigenvalue weighted by atomic mass is 16.3. The molecule has 1 amide bonds. The summed E-state index contributed by atoms with van der Waals surface area (Å²) >= 11 is 0. The highest BCUT2D eigenvalue weighted by Crippen LogP contribution is 2.18. The number of rotatable bonds is 6. The third-order valence-corrected chi connectivity index (χ3v) is 5.10. The lowest BCUT2D eigenvalue weighted by Gasteiger charge is -2.22. The van der Waals surface area contributed by atoms with E-state index in [-0.39, 0.29) is 5.91 Å². The fourth-order valence-corrected chi connectivity index (χ4v) is 3.41. The summed E-state index contributed by atoms with van der Waals surface area (Å²) in [5.74, 6) is 1.07. The van der Waals surface area contributed by atoms with Crippen molar-refractivity contribution in [1.29, 1.82) is 5.26 Å². The molecule has 156 valence electrons. The molecule has 30 heavy (non-hydrogen) atoms. The molecule has 0 radical (unpaired) electrons. The first kappa shape index (κ1) is 21.3. The summed E-state index contributed by atoms with van der Waals surface area (Å²) in [6.07, 6.45) is 6.92. The van der Waals surface area contributed by atoms with Crippen molar-refractivity contribution in [2.45, 2.75) is 32.6 Å². The monoisotopic (exact) mass is 405 g/mol. The topological polar surface area (TPSA) is 86.3 Å². The number of likely N-dealkylation sites (N-methyl/N-ethyl adjacent to an activating group) is 1. The van der Waals surface area contributed by atoms with Gasteiger partial charge >= 0.3 is 0 Å². The van der Waals surface area contributed by atoms with Crippen molar-refractivity contribution in [1.82, 2.24) is 14.9 Å². The molecule has 2 aromatic heterocycles. The number of likely N-dealkylation sites (tertiary alicyclic amines) is 1. The van der Waals surface area contributed by atoms with Crippen LogP contribution in [-0.4, -0.2) is 47.5 Å². The molecule has 0 N–H and O–H groups in total. The number of oxazole rings is 1. The molecule has 1 aliphatic heterocycles. The van der Waals surface area contributed by atoms with E-state index in [9.17, 15) is 4.79 Å². The molecule has 4 rings (SSSR count). The van der Waals surface area contributed by atoms with Crippen LogP contribution in [0.2, 0.25) is 0 Å². The maximum Gasteiger partial charge on any atom is 0.222 e. The lowest BCUT2D eigenvalue weighted by atomic mass is 10.1. The van der Waals surface area contributed by atoms with Gasteiger partial charge in [0.05, 0.1) is 5.56 Å². The van der Waals surface area contributed by atoms with Gasteiger partial charge in [-0.15, -0.1) is 0 Å². The highest BCUT2D eigenvalue weighted by molar-refractivity contribution is 5.78. The molecule has 0 aliphatic carbocycles. The lowest BCUT2D eigenvalue weighted by molar-refractivity contribution is -0.127. The first-order chi connectivity index (χ1) is 14.6. The molecule has 1 saturated heterocycles. The zero-order valence-electron chi connectivity index (χ0n) is 17.5. The van der Waals surface area contributed by atoms with Crippen LogP contribution >= 0.6 is 0 Å². The summed E-state index contributed by atoms with van der Waals surface area (Å²) in [6.45, 7) is 4.52. The average molecular weight is 406 g/mol. The number of carbonyl (C=O) groups excluding carboxylic acids is 1. The van der Waals surface area contributed by atoms with Crippen molar-refractivity contribution in [2.24, 2.45) is 0 Å². The Morgan fingerprint density at radius 2 is 2.13 bits per heavy atom. The number of nitrogens with zero attached hydrogens (tertiary/aromatic N) is 5. The van der Waals surface area contributed by atoms with Gasteiger partial charge in [0.1, 0.15) is 17.4 Å². The van der Waals surface area contributed by atoms with Crippen molar-refractivity contribution in [3.05, 3.63) is 54.0 Å². The lowest BCUT2D eigenvalue weighted by Crippen LogP contribution is -2.34. The fourth-order valence-electron chi connectivity index (χ4n) is 3.41. The summed E-state index contributed by atoms with van der Waals surface area (Å²) in [7, 11) is 1.94. The number of nitriles is 1. The number of amides is 1. The van der Waals surface area contributed by atoms with E-state index in [0.29, 0.717) is 12.0 Å². The van der Waals surface area contributed by atoms with Crippen LogP contribution in [0, 0.1) is 11.3 Å². The van der Waals surface area contributed by atoms with Gasteiger partial charge in [-0.2, -0.15) is 5.26 Å². The number of para-hydroxylation sites is 1. The van der Waals surface area contributed by atoms with Crippen LogP contribution in [0.5, 0.6) is 0 Å². The minimum absolute atomic E-state index is 0.246. The summed E-state index contributed by atoms with van der Waals surface area (Å²) < 4.78 is 5.29. The maximum atomic E-state index is 11.5. The van der Waals surface area contributed by atoms with E-state index in [1.807, 2.05) is 41.1 Å². The maximum absolute atomic E-state index is 11.5. The molecular formula is C23H27N5O2. The zero-order valence-corrected chi connectivity index (χ0v) is 17.5. The van der Waals surface area contributed by atoms with Crippen molar-refractivity contribution in [3.8, 4) is 6.07 Å². The molecule has 0 bridgehead atoms. The van der Waals surface area contributed by atoms with Crippen molar-refractivity contribution < 1.29 is 9.21 Å². The van der Waals surface area contributed by atoms with Gasteiger partial charge in [-0.05, 0) is 36.6 Å². The second kappa shape index (κ2) is 10.4. The molecule has 0 saturated carbocycles. The molecular weight excluding hydrogens is 378 g/mol. The third kappa shape index (κ3) is 5.35. The number of fused-ring (bicyclic) bond motifs is 1. The normalized spacial score (nSPS) is 13.1. The largest absolute Gasteiger partial charge is 0.443 e. The molecule has 0 atom stereocenters. The molecule has 7 nitrogen and oxygen atoms in total. The zero-order chi connectivity index (χ0) is 21.3. The molecule has 1 aliphatic rings. The van der Waals surface area contributed by atoms with Gasteiger partial charge in [0, 0.05) is 39.3 Å². The van der Waals surface area contributed by atoms with Crippen molar-refractivity contribution in [3.63, 3.8) is 0 Å². The smallest absolute Gasteiger partial charge is 0.222 e. The van der Waals surface area contributed by atoms with Gasteiger partial charge in [0.2, 0.25) is 5.91 Å². The van der Waals surface area contributed by atoms with Crippen molar-refractivity contribution in [2.75, 3.05) is 31.6 Å². The van der Waals surface area contributed by atoms with Gasteiger partial charge < -0.3 is 14.2 Å². The molecule has 1 aromatic carbocycles. The van der Waals surface area contributed by atoms with Crippen molar-refractivity contribution >= 4 is 22.8 Å². The summed E-state index contributed by atoms with van der Waals surface area (Å²) in [5, 5.41) is 8.70. The molecule has 0 spiro atoms. The first-order valence-electron chi connectivity index (χ1n) is 10.3. The van der Waals surface area contributed by atoms with E-state index < -0.39 is 0 Å². The number of pyridine rings is 1. The fraction of sp³-hybridized carbons (Fsp3) is 0.391. The van der Waals surface area contributed by atoms with Gasteiger partial charge in [-0.3, -0.25) is 4.79 Å². The van der Waals surface area contributed by atoms with Crippen LogP contribution in [0.1, 0.15) is 37.3 Å². The van der Waals surface area contributed by atoms with Crippen LogP contribution < -0.4 is 4.90 Å². The Balaban J connectivity index is 0.000000184. The number of aromatic nitrogens is 2. The second-order valence-electron chi connectivity index (χ2n) is 7.29. The standard InChI is InChI=1S/C13H16N4O.C10H11NO/c1-16(7-8-17-6-2-3-13(17)18)12-5-4-11(9-14)10-15-12;1-2-4-8-5-3-6-9-10(8)12-7-11-9/h4-5,10H,2-3,6-8H2,1H3;3,5-7H,2,4H2,1H3. The van der Waals surface area contributed by atoms with E-state index >= 15 is 0 Å². The Labute approximate surface area is 176 Å². The predicted molar refractivity (Wildman–Crippen MR) is 116 cm³/mol. The number of anilines is 1. The number of hydrogen-bond acceptors (Lipinski definition) is 6. The van der Waals surface area contributed by atoms with Crippen LogP contribution in [0.4, 0.5) is 5.82 Å². The van der Waals surface area contributed by atoms with E-state index in [0.717, 1.165) is 55.8 Å². The molecule has 7 heteroatoms. The summed E-state index contributed by atoms with van der Waals surface area (Å²) in [5.41, 5.74) is 3.72. The van der Waals surface area contributed by atoms with Crippen LogP contribution in [0.25, 0.3) is 11.1 Å². The number of benzene rings is 1. The SMILES string of the molecule is CCCc1cccc2ncoc12.CN(CCN1CCCC1=O)c1ccc(C#N)cn1. The Kier molecular flexibility index (Phi) is 7.39. The van der Waals surface area contributed by atoms with Crippen LogP contribution in [-0.2, 0) is 11.2 Å². The Morgan fingerprint density at radius 3 is 2.80 bits per heavy atom. The van der Waals surface area contributed by atoms with E-state index in [1.54, 1.807) is 12.3 Å². The predicted octanol–water partition coefficient (Wildman–Crippen LogP) is 3.79. The highest BCUT2D eigenvalue weighted by Gasteiger charge is 2.19. The Bertz CT molecular complexity index is 1010. The Morgan fingerprint density at radius 1 is 1.27 bits per heavy atom. The van der Waals surface area contributed by atoms with E-state index in [1.165, 1.54) is 12.0 Å². The average Bonchev–Trinajstić information content (AvgIpc) is 3.42. The number of hydrogen-bond donors (Lipinski definition) is 0. The van der Waals surface area contributed by atoms with Gasteiger partial charge in [-0.25, -0.2) is 9.97 Å². The Hall–Kier alpha value is -3.40. The quantitative estimate of drug-likeness (QED) is 0.620. The molecule has 0 unspecified atom stereocenters. The number of carbonyl (C=O) groups is 1. The minimum atomic E-state index is 0.246. The van der Waals surface area contributed by atoms with Crippen LogP contribution in [0.3, 0.4) is 0 Å². The van der Waals surface area contributed by atoms with Gasteiger partial charge in [0.25, 0.3) is 0 Å². The van der Waals surface area contributed by atoms with E-state index in [4.69, 9.17) is 9.68 Å². The number of aryl methyl sites for hydroxylation is 1. The van der Waals surface area contributed by atoms with E-state index in [2.05, 4.69) is 23.0 Å². The molecule has 1 fully saturated rings. The summed E-state index contributed by atoms with van der Waals surface area (Å²) in [6, 6.07) is 11.7. The molecule has 3 aromatic rings. The summed E-state index contributed by atoms with van der Waals surface area (Å²) in [4.78, 5) is 23.7. The first-order valence-corrected chi connectivity index (χ1v) is 10.3. The molecule has 3 heterocycles. The third-order valence-electron chi connectivity index (χ3n) is 5.10. The second-order valence-corrected chi connectivity index (χ2v) is 7.29.